The Balaban J connectivity index is 1.79. The van der Waals surface area contributed by atoms with Crippen LogP contribution in [-0.4, -0.2) is 31.2 Å². The number of methoxy groups -OCH3 is 1. The number of benzene rings is 2. The summed E-state index contributed by atoms with van der Waals surface area (Å²) < 4.78 is 9.07. The van der Waals surface area contributed by atoms with Crippen LogP contribution >= 0.6 is 0 Å². The van der Waals surface area contributed by atoms with Crippen LogP contribution in [0.25, 0.3) is 33.2 Å². The Kier molecular flexibility index (Phi) is 5.32. The smallest absolute Gasteiger partial charge is 0.265 e. The second-order valence-corrected chi connectivity index (χ2v) is 8.82. The molecule has 0 amide bonds. The van der Waals surface area contributed by atoms with Crippen molar-refractivity contribution in [1.82, 2.24) is 24.1 Å². The van der Waals surface area contributed by atoms with E-state index in [2.05, 4.69) is 13.8 Å². The monoisotopic (exact) mass is 441 g/mol. The molecule has 3 aromatic heterocycles. The summed E-state index contributed by atoms with van der Waals surface area (Å²) >= 11 is 0. The number of rotatable bonds is 6. The fourth-order valence-corrected chi connectivity index (χ4v) is 4.21. The number of para-hydroxylation sites is 2. The number of fused-ring (bicyclic) bond motifs is 4. The summed E-state index contributed by atoms with van der Waals surface area (Å²) in [7, 11) is 1.65. The third kappa shape index (κ3) is 3.73. The van der Waals surface area contributed by atoms with E-state index in [1.807, 2.05) is 60.0 Å². The maximum Gasteiger partial charge on any atom is 0.265 e. The largest absolute Gasteiger partial charge is 0.497 e. The van der Waals surface area contributed by atoms with Gasteiger partial charge < -0.3 is 9.30 Å². The standard InChI is InChI=1S/C26H27N5O2/c1-16(2)13-14-30-17(3)27-24-22(26(30)32)23-25(29-21-8-6-5-7-20(21)28-23)31(24)15-18-9-11-19(33-4)12-10-18/h5-12,16H,13-15H2,1-4H3. The van der Waals surface area contributed by atoms with Gasteiger partial charge in [-0.2, -0.15) is 0 Å². The molecule has 0 bridgehead atoms. The van der Waals surface area contributed by atoms with E-state index in [1.54, 1.807) is 11.7 Å². The highest BCUT2D eigenvalue weighted by Crippen LogP contribution is 2.27. The van der Waals surface area contributed by atoms with Gasteiger partial charge in [-0.05, 0) is 49.1 Å². The lowest BCUT2D eigenvalue weighted by atomic mass is 10.1. The SMILES string of the molecule is COc1ccc(Cn2c3nc4ccccc4nc3c3c(=O)n(CCC(C)C)c(C)nc32)cc1. The topological polar surface area (TPSA) is 74.8 Å². The summed E-state index contributed by atoms with van der Waals surface area (Å²) in [6, 6.07) is 15.6. The Morgan fingerprint density at radius 3 is 2.27 bits per heavy atom. The summed E-state index contributed by atoms with van der Waals surface area (Å²) in [5.74, 6) is 2.00. The van der Waals surface area contributed by atoms with Crippen molar-refractivity contribution < 1.29 is 4.74 Å². The van der Waals surface area contributed by atoms with E-state index >= 15 is 0 Å². The second kappa shape index (κ2) is 8.31. The molecule has 0 aliphatic heterocycles. The number of aryl methyl sites for hydroxylation is 1. The van der Waals surface area contributed by atoms with Crippen molar-refractivity contribution in [1.29, 1.82) is 0 Å². The van der Waals surface area contributed by atoms with E-state index < -0.39 is 0 Å². The summed E-state index contributed by atoms with van der Waals surface area (Å²) in [6.45, 7) is 7.37. The third-order valence-electron chi connectivity index (χ3n) is 6.07. The van der Waals surface area contributed by atoms with Gasteiger partial charge in [0.05, 0.1) is 24.7 Å². The van der Waals surface area contributed by atoms with Crippen LogP contribution in [0, 0.1) is 12.8 Å². The summed E-state index contributed by atoms with van der Waals surface area (Å²) in [5.41, 5.74) is 4.47. The van der Waals surface area contributed by atoms with E-state index in [4.69, 9.17) is 19.7 Å². The Bertz CT molecular complexity index is 1530. The molecule has 33 heavy (non-hydrogen) atoms. The van der Waals surface area contributed by atoms with Crippen LogP contribution in [0.3, 0.4) is 0 Å². The molecule has 0 N–H and O–H groups in total. The summed E-state index contributed by atoms with van der Waals surface area (Å²) in [4.78, 5) is 28.4. The van der Waals surface area contributed by atoms with Gasteiger partial charge in [0, 0.05) is 6.54 Å². The lowest BCUT2D eigenvalue weighted by molar-refractivity contribution is 0.414. The van der Waals surface area contributed by atoms with Crippen LogP contribution in [0.15, 0.2) is 53.3 Å². The molecular weight excluding hydrogens is 414 g/mol. The van der Waals surface area contributed by atoms with Gasteiger partial charge in [0.2, 0.25) is 0 Å². The zero-order chi connectivity index (χ0) is 23.1. The van der Waals surface area contributed by atoms with Crippen molar-refractivity contribution in [2.75, 3.05) is 7.11 Å². The van der Waals surface area contributed by atoms with E-state index in [9.17, 15) is 4.79 Å². The van der Waals surface area contributed by atoms with E-state index in [0.717, 1.165) is 28.8 Å². The molecule has 0 fully saturated rings. The molecule has 0 unspecified atom stereocenters. The molecule has 0 spiro atoms. The molecule has 0 saturated carbocycles. The lowest BCUT2D eigenvalue weighted by Gasteiger charge is -2.12. The third-order valence-corrected chi connectivity index (χ3v) is 6.07. The van der Waals surface area contributed by atoms with Gasteiger partial charge >= 0.3 is 0 Å². The molecule has 0 radical (unpaired) electrons. The normalized spacial score (nSPS) is 11.8. The van der Waals surface area contributed by atoms with Gasteiger partial charge in [0.15, 0.2) is 11.3 Å². The Morgan fingerprint density at radius 2 is 1.61 bits per heavy atom. The Morgan fingerprint density at radius 1 is 0.909 bits per heavy atom. The van der Waals surface area contributed by atoms with Crippen LogP contribution in [0.1, 0.15) is 31.7 Å². The molecule has 0 aliphatic carbocycles. The molecule has 2 aromatic carbocycles. The fraction of sp³-hybridized carbons (Fsp3) is 0.308. The molecule has 7 heteroatoms. The molecule has 3 heterocycles. The fourth-order valence-electron chi connectivity index (χ4n) is 4.21. The highest BCUT2D eigenvalue weighted by Gasteiger charge is 2.21. The molecule has 7 nitrogen and oxygen atoms in total. The van der Waals surface area contributed by atoms with E-state index in [-0.39, 0.29) is 5.56 Å². The lowest BCUT2D eigenvalue weighted by Crippen LogP contribution is -2.25. The first-order valence-electron chi connectivity index (χ1n) is 11.3. The number of nitrogens with zero attached hydrogens (tertiary/aromatic N) is 5. The van der Waals surface area contributed by atoms with Gasteiger partial charge in [-0.1, -0.05) is 38.1 Å². The van der Waals surface area contributed by atoms with Gasteiger partial charge in [-0.3, -0.25) is 9.36 Å². The van der Waals surface area contributed by atoms with Gasteiger partial charge in [0.25, 0.3) is 5.56 Å². The van der Waals surface area contributed by atoms with Crippen LogP contribution in [0.2, 0.25) is 0 Å². The molecule has 0 aliphatic rings. The number of hydrogen-bond donors (Lipinski definition) is 0. The summed E-state index contributed by atoms with van der Waals surface area (Å²) in [6.07, 6.45) is 0.910. The molecule has 168 valence electrons. The molecule has 5 rings (SSSR count). The van der Waals surface area contributed by atoms with Crippen LogP contribution in [0.4, 0.5) is 0 Å². The van der Waals surface area contributed by atoms with E-state index in [0.29, 0.717) is 47.0 Å². The highest BCUT2D eigenvalue weighted by molar-refractivity contribution is 6.04. The maximum atomic E-state index is 13.7. The van der Waals surface area contributed by atoms with Crippen molar-refractivity contribution in [3.05, 3.63) is 70.3 Å². The van der Waals surface area contributed by atoms with Crippen molar-refractivity contribution >= 4 is 33.2 Å². The van der Waals surface area contributed by atoms with Crippen molar-refractivity contribution in [2.24, 2.45) is 5.92 Å². The Hall–Kier alpha value is -3.74. The maximum absolute atomic E-state index is 13.7. The molecular formula is C26H27N5O2. The minimum absolute atomic E-state index is 0.0544. The van der Waals surface area contributed by atoms with Crippen LogP contribution in [0.5, 0.6) is 5.75 Å². The van der Waals surface area contributed by atoms with E-state index in [1.165, 1.54) is 0 Å². The van der Waals surface area contributed by atoms with Crippen molar-refractivity contribution in [3.8, 4) is 5.75 Å². The minimum atomic E-state index is -0.0544. The van der Waals surface area contributed by atoms with Gasteiger partial charge in [-0.25, -0.2) is 15.0 Å². The zero-order valence-corrected chi connectivity index (χ0v) is 19.4. The van der Waals surface area contributed by atoms with Crippen LogP contribution < -0.4 is 10.3 Å². The average Bonchev–Trinajstić information content (AvgIpc) is 3.10. The Labute approximate surface area is 191 Å². The number of hydrogen-bond acceptors (Lipinski definition) is 5. The van der Waals surface area contributed by atoms with Crippen molar-refractivity contribution in [2.45, 2.75) is 40.3 Å². The highest BCUT2D eigenvalue weighted by atomic mass is 16.5. The zero-order valence-electron chi connectivity index (χ0n) is 19.4. The first-order chi connectivity index (χ1) is 16.0. The predicted octanol–water partition coefficient (Wildman–Crippen LogP) is 4.71. The molecule has 0 atom stereocenters. The number of aromatic nitrogens is 5. The number of ether oxygens (including phenoxy) is 1. The van der Waals surface area contributed by atoms with Crippen LogP contribution in [-0.2, 0) is 13.1 Å². The molecule has 5 aromatic rings. The molecule has 0 saturated heterocycles. The average molecular weight is 442 g/mol. The summed E-state index contributed by atoms with van der Waals surface area (Å²) in [5, 5.41) is 0.533. The first-order valence-corrected chi connectivity index (χ1v) is 11.3. The predicted molar refractivity (Wildman–Crippen MR) is 131 cm³/mol. The van der Waals surface area contributed by atoms with Crippen molar-refractivity contribution in [3.63, 3.8) is 0 Å². The van der Waals surface area contributed by atoms with Gasteiger partial charge in [0.1, 0.15) is 22.5 Å². The minimum Gasteiger partial charge on any atom is -0.497 e. The first kappa shape index (κ1) is 21.1. The van der Waals surface area contributed by atoms with Gasteiger partial charge in [-0.15, -0.1) is 0 Å². The quantitative estimate of drug-likeness (QED) is 0.382. The second-order valence-electron chi connectivity index (χ2n) is 8.82.